The van der Waals surface area contributed by atoms with Crippen LogP contribution in [0.25, 0.3) is 5.65 Å². The Morgan fingerprint density at radius 3 is 2.72 bits per heavy atom. The molecular weight excluding hydrogens is 502 g/mol. The third kappa shape index (κ3) is 6.73. The SMILES string of the molecule is CN=C(NCc1ccnc(OCC(F)(F)F)c1)NCc1nnc2ccccn12.I. The molecular formula is C17H19F3IN7O. The first kappa shape index (κ1) is 22.6. The fourth-order valence-corrected chi connectivity index (χ4v) is 2.38. The van der Waals surface area contributed by atoms with Gasteiger partial charge in [0, 0.05) is 32.1 Å². The molecule has 2 N–H and O–H groups in total. The zero-order valence-corrected chi connectivity index (χ0v) is 17.7. The highest BCUT2D eigenvalue weighted by Crippen LogP contribution is 2.17. The van der Waals surface area contributed by atoms with Crippen molar-refractivity contribution in [3.05, 3.63) is 54.1 Å². The van der Waals surface area contributed by atoms with Gasteiger partial charge in [0.15, 0.2) is 24.0 Å². The Morgan fingerprint density at radius 1 is 1.17 bits per heavy atom. The van der Waals surface area contributed by atoms with Crippen LogP contribution in [0.2, 0.25) is 0 Å². The van der Waals surface area contributed by atoms with Crippen LogP contribution in [0.3, 0.4) is 0 Å². The van der Waals surface area contributed by atoms with Gasteiger partial charge in [-0.15, -0.1) is 34.2 Å². The average molecular weight is 521 g/mol. The second-order valence-corrected chi connectivity index (χ2v) is 5.73. The first-order valence-electron chi connectivity index (χ1n) is 8.32. The lowest BCUT2D eigenvalue weighted by molar-refractivity contribution is -0.154. The van der Waals surface area contributed by atoms with E-state index in [0.29, 0.717) is 30.4 Å². The van der Waals surface area contributed by atoms with Gasteiger partial charge in [0.25, 0.3) is 0 Å². The zero-order chi connectivity index (χ0) is 20.0. The van der Waals surface area contributed by atoms with Crippen molar-refractivity contribution in [2.45, 2.75) is 19.3 Å². The third-order valence-electron chi connectivity index (χ3n) is 3.66. The molecule has 0 spiro atoms. The molecule has 3 heterocycles. The number of pyridine rings is 2. The molecule has 0 bridgehead atoms. The van der Waals surface area contributed by atoms with Crippen molar-refractivity contribution in [1.82, 2.24) is 30.2 Å². The highest BCUT2D eigenvalue weighted by Gasteiger charge is 2.28. The van der Waals surface area contributed by atoms with Crippen LogP contribution in [0.5, 0.6) is 5.88 Å². The Morgan fingerprint density at radius 2 is 1.97 bits per heavy atom. The van der Waals surface area contributed by atoms with Gasteiger partial charge >= 0.3 is 6.18 Å². The van der Waals surface area contributed by atoms with E-state index in [9.17, 15) is 13.2 Å². The maximum atomic E-state index is 12.2. The van der Waals surface area contributed by atoms with Crippen LogP contribution in [0.1, 0.15) is 11.4 Å². The molecule has 0 aromatic carbocycles. The highest BCUT2D eigenvalue weighted by molar-refractivity contribution is 14.0. The predicted octanol–water partition coefficient (Wildman–Crippen LogP) is 2.55. The van der Waals surface area contributed by atoms with Gasteiger partial charge in [-0.05, 0) is 23.8 Å². The minimum Gasteiger partial charge on any atom is -0.468 e. The molecule has 3 rings (SSSR count). The second kappa shape index (κ2) is 10.2. The van der Waals surface area contributed by atoms with Crippen LogP contribution >= 0.6 is 24.0 Å². The molecule has 0 saturated carbocycles. The van der Waals surface area contributed by atoms with Crippen molar-refractivity contribution in [2.75, 3.05) is 13.7 Å². The third-order valence-corrected chi connectivity index (χ3v) is 3.66. The summed E-state index contributed by atoms with van der Waals surface area (Å²) in [5.41, 5.74) is 1.44. The molecule has 3 aromatic heterocycles. The smallest absolute Gasteiger partial charge is 0.422 e. The average Bonchev–Trinajstić information content (AvgIpc) is 3.10. The van der Waals surface area contributed by atoms with E-state index in [1.165, 1.54) is 12.3 Å². The molecule has 3 aromatic rings. The molecule has 0 aliphatic rings. The van der Waals surface area contributed by atoms with Crippen LogP contribution in [0.15, 0.2) is 47.7 Å². The summed E-state index contributed by atoms with van der Waals surface area (Å²) in [7, 11) is 1.61. The number of halogens is 4. The van der Waals surface area contributed by atoms with Gasteiger partial charge in [-0.3, -0.25) is 9.39 Å². The lowest BCUT2D eigenvalue weighted by Crippen LogP contribution is -2.36. The van der Waals surface area contributed by atoms with Gasteiger partial charge in [-0.1, -0.05) is 6.07 Å². The number of guanidine groups is 1. The molecule has 0 unspecified atom stereocenters. The van der Waals surface area contributed by atoms with Gasteiger partial charge < -0.3 is 15.4 Å². The highest BCUT2D eigenvalue weighted by atomic mass is 127. The monoisotopic (exact) mass is 521 g/mol. The van der Waals surface area contributed by atoms with E-state index >= 15 is 0 Å². The topological polar surface area (TPSA) is 88.7 Å². The number of ether oxygens (including phenoxy) is 1. The van der Waals surface area contributed by atoms with Gasteiger partial charge in [-0.2, -0.15) is 13.2 Å². The molecule has 0 aliphatic heterocycles. The van der Waals surface area contributed by atoms with Crippen LogP contribution in [0, 0.1) is 0 Å². The fourth-order valence-electron chi connectivity index (χ4n) is 2.38. The maximum Gasteiger partial charge on any atom is 0.422 e. The Kier molecular flexibility index (Phi) is 7.99. The van der Waals surface area contributed by atoms with Crippen LogP contribution in [-0.2, 0) is 13.1 Å². The van der Waals surface area contributed by atoms with Gasteiger partial charge in [-0.25, -0.2) is 4.98 Å². The van der Waals surface area contributed by atoms with Gasteiger partial charge in [0.05, 0.1) is 6.54 Å². The number of rotatable bonds is 6. The molecule has 0 amide bonds. The van der Waals surface area contributed by atoms with E-state index in [2.05, 4.69) is 35.5 Å². The number of alkyl halides is 3. The molecule has 0 saturated heterocycles. The normalized spacial score (nSPS) is 11.8. The van der Waals surface area contributed by atoms with E-state index in [-0.39, 0.29) is 29.9 Å². The zero-order valence-electron chi connectivity index (χ0n) is 15.3. The molecule has 29 heavy (non-hydrogen) atoms. The van der Waals surface area contributed by atoms with Crippen LogP contribution in [-0.4, -0.2) is 45.4 Å². The number of hydrogen-bond acceptors (Lipinski definition) is 5. The summed E-state index contributed by atoms with van der Waals surface area (Å²) in [6.45, 7) is -0.668. The van der Waals surface area contributed by atoms with Gasteiger partial charge in [0.2, 0.25) is 5.88 Å². The number of nitrogens with one attached hydrogen (secondary N) is 2. The predicted molar refractivity (Wildman–Crippen MR) is 111 cm³/mol. The van der Waals surface area contributed by atoms with Crippen molar-refractivity contribution in [1.29, 1.82) is 0 Å². The quantitative estimate of drug-likeness (QED) is 0.295. The standard InChI is InChI=1S/C17H18F3N7O.HI/c1-21-16(24-10-14-26-25-13-4-2-3-7-27(13)14)23-9-12-5-6-22-15(8-12)28-11-17(18,19)20;/h2-8H,9-11H2,1H3,(H2,21,23,24);1H. The van der Waals surface area contributed by atoms with Crippen molar-refractivity contribution in [3.8, 4) is 5.88 Å². The van der Waals surface area contributed by atoms with Crippen molar-refractivity contribution in [2.24, 2.45) is 4.99 Å². The summed E-state index contributed by atoms with van der Waals surface area (Å²) in [5.74, 6) is 1.13. The molecule has 8 nitrogen and oxygen atoms in total. The summed E-state index contributed by atoms with van der Waals surface area (Å²) < 4.78 is 43.2. The number of aromatic nitrogens is 4. The number of hydrogen-bond donors (Lipinski definition) is 2. The Bertz CT molecular complexity index is 961. The fraction of sp³-hybridized carbons (Fsp3) is 0.294. The summed E-state index contributed by atoms with van der Waals surface area (Å²) >= 11 is 0. The van der Waals surface area contributed by atoms with Crippen molar-refractivity contribution >= 4 is 35.6 Å². The lowest BCUT2D eigenvalue weighted by Gasteiger charge is -2.12. The minimum atomic E-state index is -4.41. The molecule has 12 heteroatoms. The summed E-state index contributed by atoms with van der Waals surface area (Å²) in [6, 6.07) is 8.73. The van der Waals surface area contributed by atoms with Crippen LogP contribution < -0.4 is 15.4 Å². The summed E-state index contributed by atoms with van der Waals surface area (Å²) in [4.78, 5) is 7.89. The summed E-state index contributed by atoms with van der Waals surface area (Å²) in [5, 5.41) is 14.4. The largest absolute Gasteiger partial charge is 0.468 e. The number of fused-ring (bicyclic) bond motifs is 1. The number of nitrogens with zero attached hydrogens (tertiary/aromatic N) is 5. The Hall–Kier alpha value is -2.64. The second-order valence-electron chi connectivity index (χ2n) is 5.73. The van der Waals surface area contributed by atoms with Crippen molar-refractivity contribution < 1.29 is 17.9 Å². The van der Waals surface area contributed by atoms with E-state index in [0.717, 1.165) is 5.65 Å². The first-order valence-corrected chi connectivity index (χ1v) is 8.32. The van der Waals surface area contributed by atoms with Crippen molar-refractivity contribution in [3.63, 3.8) is 0 Å². The summed E-state index contributed by atoms with van der Waals surface area (Å²) in [6.07, 6.45) is -1.16. The molecule has 156 valence electrons. The van der Waals surface area contributed by atoms with E-state index in [1.54, 1.807) is 13.1 Å². The van der Waals surface area contributed by atoms with E-state index in [1.807, 2.05) is 28.8 Å². The van der Waals surface area contributed by atoms with Gasteiger partial charge in [0.1, 0.15) is 0 Å². The Labute approximate surface area is 181 Å². The minimum absolute atomic E-state index is 0. The molecule has 0 fully saturated rings. The van der Waals surface area contributed by atoms with Crippen LogP contribution in [0.4, 0.5) is 13.2 Å². The number of aliphatic imine (C=N–C) groups is 1. The molecule has 0 radical (unpaired) electrons. The first-order chi connectivity index (χ1) is 13.4. The van der Waals surface area contributed by atoms with E-state index < -0.39 is 12.8 Å². The Balaban J connectivity index is 0.00000300. The lowest BCUT2D eigenvalue weighted by atomic mass is 10.2. The molecule has 0 aliphatic carbocycles. The van der Waals surface area contributed by atoms with E-state index in [4.69, 9.17) is 0 Å². The molecule has 0 atom stereocenters. The maximum absolute atomic E-state index is 12.2.